The first-order chi connectivity index (χ1) is 9.81. The van der Waals surface area contributed by atoms with Crippen molar-refractivity contribution in [2.45, 2.75) is 63.1 Å². The van der Waals surface area contributed by atoms with Gasteiger partial charge in [-0.15, -0.1) is 0 Å². The predicted molar refractivity (Wildman–Crippen MR) is 76.2 cm³/mol. The molecule has 4 heteroatoms. The van der Waals surface area contributed by atoms with Crippen molar-refractivity contribution in [3.63, 3.8) is 0 Å². The maximum Gasteiger partial charge on any atom is 0.223 e. The molecule has 4 nitrogen and oxygen atoms in total. The van der Waals surface area contributed by atoms with E-state index in [1.165, 1.54) is 38.8 Å². The molecule has 0 spiro atoms. The quantitative estimate of drug-likeness (QED) is 0.784. The summed E-state index contributed by atoms with van der Waals surface area (Å²) in [7, 11) is 0. The minimum atomic E-state index is 0.0925. The van der Waals surface area contributed by atoms with E-state index < -0.39 is 0 Å². The van der Waals surface area contributed by atoms with Crippen molar-refractivity contribution < 1.29 is 9.90 Å². The predicted octanol–water partition coefficient (Wildman–Crippen LogP) is 1.23. The Kier molecular flexibility index (Phi) is 3.26. The SMILES string of the molecule is O=C1CCC[C@@H]2[C@H]3CCCN4CCC[C@@H]([C@@H]34)[C@@H](CO)N12. The largest absolute Gasteiger partial charge is 0.394 e. The lowest BCUT2D eigenvalue weighted by Gasteiger charge is -2.61. The molecule has 0 aromatic rings. The van der Waals surface area contributed by atoms with Gasteiger partial charge in [-0.25, -0.2) is 0 Å². The maximum atomic E-state index is 12.4. The second-order valence-electron chi connectivity index (χ2n) is 7.15. The van der Waals surface area contributed by atoms with E-state index in [9.17, 15) is 9.90 Å². The van der Waals surface area contributed by atoms with E-state index in [2.05, 4.69) is 9.80 Å². The van der Waals surface area contributed by atoms with Crippen molar-refractivity contribution in [3.05, 3.63) is 0 Å². The zero-order chi connectivity index (χ0) is 13.7. The first-order valence-corrected chi connectivity index (χ1v) is 8.47. The summed E-state index contributed by atoms with van der Waals surface area (Å²) in [6.07, 6.45) is 7.90. The molecule has 4 heterocycles. The van der Waals surface area contributed by atoms with Gasteiger partial charge in [-0.2, -0.15) is 0 Å². The van der Waals surface area contributed by atoms with Crippen LogP contribution in [0.2, 0.25) is 0 Å². The summed E-state index contributed by atoms with van der Waals surface area (Å²) in [5.41, 5.74) is 0. The molecule has 0 radical (unpaired) electrons. The van der Waals surface area contributed by atoms with Crippen LogP contribution >= 0.6 is 0 Å². The van der Waals surface area contributed by atoms with Gasteiger partial charge in [0.25, 0.3) is 0 Å². The van der Waals surface area contributed by atoms with Gasteiger partial charge in [-0.05, 0) is 63.5 Å². The minimum absolute atomic E-state index is 0.0925. The highest BCUT2D eigenvalue weighted by Gasteiger charge is 2.54. The Labute approximate surface area is 121 Å². The van der Waals surface area contributed by atoms with Gasteiger partial charge in [-0.3, -0.25) is 9.69 Å². The number of fused-ring (bicyclic) bond motifs is 2. The van der Waals surface area contributed by atoms with E-state index in [0.29, 0.717) is 36.2 Å². The summed E-state index contributed by atoms with van der Waals surface area (Å²) in [5, 5.41) is 9.94. The van der Waals surface area contributed by atoms with E-state index in [0.717, 1.165) is 12.8 Å². The van der Waals surface area contributed by atoms with Crippen molar-refractivity contribution in [1.29, 1.82) is 0 Å². The molecular weight excluding hydrogens is 252 g/mol. The number of hydrogen-bond donors (Lipinski definition) is 1. The summed E-state index contributed by atoms with van der Waals surface area (Å²) in [4.78, 5) is 17.2. The van der Waals surface area contributed by atoms with Gasteiger partial charge in [-0.1, -0.05) is 0 Å². The summed E-state index contributed by atoms with van der Waals surface area (Å²) in [5.74, 6) is 1.49. The normalized spacial score (nSPS) is 45.0. The molecule has 4 fully saturated rings. The summed E-state index contributed by atoms with van der Waals surface area (Å²) in [6, 6.07) is 1.15. The van der Waals surface area contributed by atoms with Gasteiger partial charge in [0.15, 0.2) is 0 Å². The molecule has 1 amide bonds. The van der Waals surface area contributed by atoms with Crippen LogP contribution in [0, 0.1) is 11.8 Å². The fourth-order valence-corrected chi connectivity index (χ4v) is 5.71. The number of carbonyl (C=O) groups excluding carboxylic acids is 1. The van der Waals surface area contributed by atoms with Gasteiger partial charge in [0.1, 0.15) is 0 Å². The molecule has 20 heavy (non-hydrogen) atoms. The fourth-order valence-electron chi connectivity index (χ4n) is 5.71. The smallest absolute Gasteiger partial charge is 0.223 e. The van der Waals surface area contributed by atoms with Crippen LogP contribution in [-0.2, 0) is 4.79 Å². The number of nitrogens with zero attached hydrogens (tertiary/aromatic N) is 2. The van der Waals surface area contributed by atoms with Crippen LogP contribution in [0.3, 0.4) is 0 Å². The van der Waals surface area contributed by atoms with Gasteiger partial charge in [0, 0.05) is 18.5 Å². The highest BCUT2D eigenvalue weighted by Crippen LogP contribution is 2.47. The molecule has 5 atom stereocenters. The molecule has 0 aromatic heterocycles. The molecular formula is C16H26N2O2. The Morgan fingerprint density at radius 3 is 2.55 bits per heavy atom. The third kappa shape index (κ3) is 1.77. The molecule has 0 saturated carbocycles. The van der Waals surface area contributed by atoms with E-state index in [1.807, 2.05) is 0 Å². The van der Waals surface area contributed by atoms with Crippen LogP contribution < -0.4 is 0 Å². The molecule has 4 aliphatic heterocycles. The lowest BCUT2D eigenvalue weighted by Crippen LogP contribution is -2.70. The van der Waals surface area contributed by atoms with E-state index in [-0.39, 0.29) is 12.6 Å². The highest BCUT2D eigenvalue weighted by molar-refractivity contribution is 5.78. The molecule has 0 bridgehead atoms. The van der Waals surface area contributed by atoms with Crippen molar-refractivity contribution in [2.24, 2.45) is 11.8 Å². The summed E-state index contributed by atoms with van der Waals surface area (Å²) in [6.45, 7) is 2.62. The Bertz CT molecular complexity index is 380. The Morgan fingerprint density at radius 1 is 1.05 bits per heavy atom. The summed E-state index contributed by atoms with van der Waals surface area (Å²) >= 11 is 0. The van der Waals surface area contributed by atoms with Gasteiger partial charge in [0.2, 0.25) is 5.91 Å². The van der Waals surface area contributed by atoms with Crippen molar-refractivity contribution >= 4 is 5.91 Å². The van der Waals surface area contributed by atoms with E-state index >= 15 is 0 Å². The molecule has 4 rings (SSSR count). The zero-order valence-corrected chi connectivity index (χ0v) is 12.2. The third-order valence-corrected chi connectivity index (χ3v) is 6.33. The van der Waals surface area contributed by atoms with Crippen molar-refractivity contribution in [1.82, 2.24) is 9.80 Å². The molecule has 4 aliphatic rings. The highest BCUT2D eigenvalue weighted by atomic mass is 16.3. The number of rotatable bonds is 1. The molecule has 112 valence electrons. The Morgan fingerprint density at radius 2 is 1.80 bits per heavy atom. The monoisotopic (exact) mass is 278 g/mol. The lowest BCUT2D eigenvalue weighted by molar-refractivity contribution is -0.165. The topological polar surface area (TPSA) is 43.8 Å². The first-order valence-electron chi connectivity index (χ1n) is 8.47. The second kappa shape index (κ2) is 4.99. The molecule has 4 saturated heterocycles. The van der Waals surface area contributed by atoms with Crippen molar-refractivity contribution in [3.8, 4) is 0 Å². The minimum Gasteiger partial charge on any atom is -0.394 e. The first kappa shape index (κ1) is 13.1. The van der Waals surface area contributed by atoms with Gasteiger partial charge >= 0.3 is 0 Å². The third-order valence-electron chi connectivity index (χ3n) is 6.33. The molecule has 0 unspecified atom stereocenters. The maximum absolute atomic E-state index is 12.4. The van der Waals surface area contributed by atoms with Crippen LogP contribution in [0.1, 0.15) is 44.9 Å². The second-order valence-corrected chi connectivity index (χ2v) is 7.15. The average Bonchev–Trinajstić information content (AvgIpc) is 2.49. The number of aliphatic hydroxyl groups is 1. The van der Waals surface area contributed by atoms with Gasteiger partial charge in [0.05, 0.1) is 12.6 Å². The molecule has 0 aromatic carbocycles. The Hall–Kier alpha value is -0.610. The standard InChI is InChI=1S/C16H26N2O2/c19-10-14-12-5-3-9-17-8-2-4-11(16(12)17)13-6-1-7-15(20)18(13)14/h11-14,16,19H,1-10H2/t11-,12-,13-,14-,16-/m1/s1. The zero-order valence-electron chi connectivity index (χ0n) is 12.2. The number of aliphatic hydroxyl groups excluding tert-OH is 1. The van der Waals surface area contributed by atoms with Gasteiger partial charge < -0.3 is 10.0 Å². The van der Waals surface area contributed by atoms with Crippen molar-refractivity contribution in [2.75, 3.05) is 19.7 Å². The Balaban J connectivity index is 1.72. The van der Waals surface area contributed by atoms with Crippen LogP contribution in [-0.4, -0.2) is 58.6 Å². The summed E-state index contributed by atoms with van der Waals surface area (Å²) < 4.78 is 0. The fraction of sp³-hybridized carbons (Fsp3) is 0.938. The van der Waals surface area contributed by atoms with E-state index in [1.54, 1.807) is 0 Å². The van der Waals surface area contributed by atoms with Crippen LogP contribution in [0.4, 0.5) is 0 Å². The number of hydrogen-bond acceptors (Lipinski definition) is 3. The molecule has 0 aliphatic carbocycles. The van der Waals surface area contributed by atoms with E-state index in [4.69, 9.17) is 0 Å². The van der Waals surface area contributed by atoms with Crippen LogP contribution in [0.25, 0.3) is 0 Å². The average molecular weight is 278 g/mol. The number of piperidine rings is 4. The lowest BCUT2D eigenvalue weighted by atomic mass is 9.65. The van der Waals surface area contributed by atoms with Crippen LogP contribution in [0.5, 0.6) is 0 Å². The number of carbonyl (C=O) groups is 1. The van der Waals surface area contributed by atoms with Crippen LogP contribution in [0.15, 0.2) is 0 Å². The number of amides is 1. The molecule has 1 N–H and O–H groups in total.